The molecule has 0 aromatic heterocycles. The maximum absolute atomic E-state index is 11.8. The second kappa shape index (κ2) is 4.28. The van der Waals surface area contributed by atoms with Crippen LogP contribution in [-0.2, 0) is 0 Å². The van der Waals surface area contributed by atoms with Gasteiger partial charge in [-0.25, -0.2) is 4.74 Å². The second-order valence-corrected chi connectivity index (χ2v) is 5.03. The van der Waals surface area contributed by atoms with Gasteiger partial charge < -0.3 is 14.7 Å². The molecule has 0 atom stereocenters. The zero-order valence-electron chi connectivity index (χ0n) is 10.4. The van der Waals surface area contributed by atoms with Crippen molar-refractivity contribution in [2.45, 2.75) is 26.3 Å². The number of hydrogen-bond donors (Lipinski definition) is 0. The van der Waals surface area contributed by atoms with E-state index >= 15 is 0 Å². The summed E-state index contributed by atoms with van der Waals surface area (Å²) in [4.78, 5) is 0. The van der Waals surface area contributed by atoms with Crippen molar-refractivity contribution in [2.75, 3.05) is 13.2 Å². The van der Waals surface area contributed by atoms with Crippen molar-refractivity contribution in [1.29, 1.82) is 0 Å². The maximum atomic E-state index is 11.8. The van der Waals surface area contributed by atoms with Gasteiger partial charge in [0.1, 0.15) is 13.2 Å². The summed E-state index contributed by atoms with van der Waals surface area (Å²) in [6, 6.07) is 5.51. The van der Waals surface area contributed by atoms with Gasteiger partial charge in [-0.05, 0) is 18.2 Å². The molecule has 4 nitrogen and oxygen atoms in total. The highest BCUT2D eigenvalue weighted by Gasteiger charge is 2.19. The molecule has 0 N–H and O–H groups in total. The number of ether oxygens (including phenoxy) is 2. The fourth-order valence-corrected chi connectivity index (χ4v) is 1.47. The normalized spacial score (nSPS) is 15.8. The van der Waals surface area contributed by atoms with Crippen LogP contribution >= 0.6 is 0 Å². The van der Waals surface area contributed by atoms with Gasteiger partial charge in [0.25, 0.3) is 0 Å². The van der Waals surface area contributed by atoms with Gasteiger partial charge in [0.05, 0.1) is 0 Å². The van der Waals surface area contributed by atoms with E-state index in [9.17, 15) is 5.21 Å². The Morgan fingerprint density at radius 2 is 1.82 bits per heavy atom. The van der Waals surface area contributed by atoms with Crippen LogP contribution in [0.2, 0.25) is 0 Å². The molecule has 0 bridgehead atoms. The molecule has 0 saturated heterocycles. The Labute approximate surface area is 101 Å². The van der Waals surface area contributed by atoms with Crippen LogP contribution < -0.4 is 9.47 Å². The van der Waals surface area contributed by atoms with Crippen LogP contribution in [0.25, 0.3) is 0 Å². The number of rotatable bonds is 1. The monoisotopic (exact) mass is 235 g/mol. The highest BCUT2D eigenvalue weighted by Crippen LogP contribution is 2.30. The van der Waals surface area contributed by atoms with Crippen LogP contribution in [0, 0.1) is 5.21 Å². The minimum atomic E-state index is -0.437. The SMILES string of the molecule is CC(C)(C)[N+]([O-])=Cc1ccc2c(c1)OCCO2. The molecule has 0 fully saturated rings. The van der Waals surface area contributed by atoms with E-state index in [1.54, 1.807) is 6.21 Å². The first-order valence-electron chi connectivity index (χ1n) is 5.68. The highest BCUT2D eigenvalue weighted by molar-refractivity contribution is 5.77. The summed E-state index contributed by atoms with van der Waals surface area (Å²) in [5, 5.41) is 11.8. The lowest BCUT2D eigenvalue weighted by atomic mass is 10.1. The molecule has 1 aromatic rings. The molecule has 0 amide bonds. The third-order valence-electron chi connectivity index (χ3n) is 2.49. The first-order chi connectivity index (χ1) is 7.97. The third-order valence-corrected chi connectivity index (χ3v) is 2.49. The Morgan fingerprint density at radius 1 is 1.18 bits per heavy atom. The molecule has 1 heterocycles. The molecule has 0 aliphatic carbocycles. The van der Waals surface area contributed by atoms with E-state index in [0.717, 1.165) is 16.1 Å². The van der Waals surface area contributed by atoms with E-state index in [4.69, 9.17) is 9.47 Å². The first kappa shape index (κ1) is 11.8. The molecule has 1 aliphatic rings. The number of hydrogen-bond acceptors (Lipinski definition) is 3. The van der Waals surface area contributed by atoms with Gasteiger partial charge in [0.2, 0.25) is 0 Å². The lowest BCUT2D eigenvalue weighted by Gasteiger charge is -2.20. The minimum absolute atomic E-state index is 0.437. The summed E-state index contributed by atoms with van der Waals surface area (Å²) in [6.07, 6.45) is 1.57. The van der Waals surface area contributed by atoms with E-state index < -0.39 is 5.54 Å². The molecule has 0 spiro atoms. The Bertz CT molecular complexity index is 446. The Kier molecular flexibility index (Phi) is 2.96. The maximum Gasteiger partial charge on any atom is 0.182 e. The van der Waals surface area contributed by atoms with Gasteiger partial charge in [-0.3, -0.25) is 0 Å². The van der Waals surface area contributed by atoms with E-state index in [0.29, 0.717) is 19.0 Å². The van der Waals surface area contributed by atoms with Crippen molar-refractivity contribution < 1.29 is 14.2 Å². The fourth-order valence-electron chi connectivity index (χ4n) is 1.47. The van der Waals surface area contributed by atoms with Crippen LogP contribution in [0.15, 0.2) is 18.2 Å². The lowest BCUT2D eigenvalue weighted by molar-refractivity contribution is -0.530. The van der Waals surface area contributed by atoms with E-state index in [1.807, 2.05) is 39.0 Å². The van der Waals surface area contributed by atoms with Crippen molar-refractivity contribution in [2.24, 2.45) is 0 Å². The summed E-state index contributed by atoms with van der Waals surface area (Å²) in [5.74, 6) is 1.44. The smallest absolute Gasteiger partial charge is 0.182 e. The van der Waals surface area contributed by atoms with Gasteiger partial charge >= 0.3 is 0 Å². The number of hydroxylamine groups is 1. The third kappa shape index (κ3) is 2.70. The predicted octanol–water partition coefficient (Wildman–Crippen LogP) is 2.19. The minimum Gasteiger partial charge on any atom is -0.623 e. The summed E-state index contributed by atoms with van der Waals surface area (Å²) in [6.45, 7) is 6.74. The molecule has 4 heteroatoms. The van der Waals surface area contributed by atoms with Crippen molar-refractivity contribution in [1.82, 2.24) is 0 Å². The Hall–Kier alpha value is -1.71. The quantitative estimate of drug-likeness (QED) is 0.324. The number of benzene rings is 1. The molecular formula is C13H17NO3. The Balaban J connectivity index is 2.29. The molecule has 0 unspecified atom stereocenters. The fraction of sp³-hybridized carbons (Fsp3) is 0.462. The molecule has 2 rings (SSSR count). The van der Waals surface area contributed by atoms with Crippen molar-refractivity contribution in [3.63, 3.8) is 0 Å². The largest absolute Gasteiger partial charge is 0.623 e. The summed E-state index contributed by atoms with van der Waals surface area (Å²) >= 11 is 0. The molecule has 1 aliphatic heterocycles. The van der Waals surface area contributed by atoms with Gasteiger partial charge in [-0.15, -0.1) is 0 Å². The summed E-state index contributed by atoms with van der Waals surface area (Å²) in [7, 11) is 0. The van der Waals surface area contributed by atoms with Crippen LogP contribution in [0.5, 0.6) is 11.5 Å². The Morgan fingerprint density at radius 3 is 2.47 bits per heavy atom. The van der Waals surface area contributed by atoms with Crippen LogP contribution in [0.4, 0.5) is 0 Å². The van der Waals surface area contributed by atoms with Gasteiger partial charge in [0.15, 0.2) is 23.3 Å². The van der Waals surface area contributed by atoms with Gasteiger partial charge in [-0.1, -0.05) is 0 Å². The molecule has 17 heavy (non-hydrogen) atoms. The van der Waals surface area contributed by atoms with E-state index in [2.05, 4.69) is 0 Å². The summed E-state index contributed by atoms with van der Waals surface area (Å²) in [5.41, 5.74) is 0.381. The van der Waals surface area contributed by atoms with Gasteiger partial charge in [-0.2, -0.15) is 0 Å². The van der Waals surface area contributed by atoms with Crippen LogP contribution in [0.3, 0.4) is 0 Å². The second-order valence-electron chi connectivity index (χ2n) is 5.03. The van der Waals surface area contributed by atoms with Crippen molar-refractivity contribution in [3.05, 3.63) is 29.0 Å². The molecule has 0 radical (unpaired) electrons. The van der Waals surface area contributed by atoms with E-state index in [1.165, 1.54) is 0 Å². The molecule has 92 valence electrons. The number of nitrogens with zero attached hydrogens (tertiary/aromatic N) is 1. The van der Waals surface area contributed by atoms with Gasteiger partial charge in [0, 0.05) is 26.3 Å². The van der Waals surface area contributed by atoms with Crippen LogP contribution in [0.1, 0.15) is 26.3 Å². The predicted molar refractivity (Wildman–Crippen MR) is 66.0 cm³/mol. The zero-order valence-corrected chi connectivity index (χ0v) is 10.4. The number of fused-ring (bicyclic) bond motifs is 1. The lowest BCUT2D eigenvalue weighted by Crippen LogP contribution is -2.29. The van der Waals surface area contributed by atoms with E-state index in [-0.39, 0.29) is 0 Å². The molecule has 1 aromatic carbocycles. The zero-order chi connectivity index (χ0) is 12.5. The molecular weight excluding hydrogens is 218 g/mol. The first-order valence-corrected chi connectivity index (χ1v) is 5.68. The average Bonchev–Trinajstić information content (AvgIpc) is 2.27. The van der Waals surface area contributed by atoms with Crippen molar-refractivity contribution >= 4 is 6.21 Å². The van der Waals surface area contributed by atoms with Crippen molar-refractivity contribution in [3.8, 4) is 11.5 Å². The molecule has 0 saturated carbocycles. The topological polar surface area (TPSA) is 44.5 Å². The average molecular weight is 235 g/mol. The van der Waals surface area contributed by atoms with Crippen LogP contribution in [-0.4, -0.2) is 29.7 Å². The summed E-state index contributed by atoms with van der Waals surface area (Å²) < 4.78 is 11.8. The standard InChI is InChI=1S/C13H17NO3/c1-13(2,3)14(15)9-10-4-5-11-12(8-10)17-7-6-16-11/h4-5,8-9H,6-7H2,1-3H3. The highest BCUT2D eigenvalue weighted by atomic mass is 16.6.